The van der Waals surface area contributed by atoms with E-state index in [4.69, 9.17) is 0 Å². The van der Waals surface area contributed by atoms with E-state index >= 15 is 0 Å². The molecule has 0 bridgehead atoms. The van der Waals surface area contributed by atoms with Crippen LogP contribution in [0, 0.1) is 0 Å². The minimum atomic E-state index is -4.63. The van der Waals surface area contributed by atoms with Crippen LogP contribution in [0.1, 0.15) is 71.4 Å². The van der Waals surface area contributed by atoms with Gasteiger partial charge in [-0.1, -0.05) is 0 Å². The molecule has 1 atom stereocenters. The number of rotatable bonds is 5. The van der Waals surface area contributed by atoms with Crippen molar-refractivity contribution in [3.8, 4) is 0 Å². The van der Waals surface area contributed by atoms with Gasteiger partial charge in [0.05, 0.1) is 23.5 Å². The van der Waals surface area contributed by atoms with Crippen LogP contribution in [-0.2, 0) is 13.2 Å². The molecule has 1 fully saturated rings. The number of carbonyl (C=O) groups is 2. The molecule has 0 aromatic carbocycles. The zero-order chi connectivity index (χ0) is 22.1. The Kier molecular flexibility index (Phi) is 6.18. The van der Waals surface area contributed by atoms with Gasteiger partial charge in [0.25, 0.3) is 11.8 Å². The second kappa shape index (κ2) is 8.49. The molecule has 30 heavy (non-hydrogen) atoms. The number of nitrogens with one attached hydrogen (secondary N) is 1. The van der Waals surface area contributed by atoms with E-state index in [2.05, 4.69) is 15.3 Å². The van der Waals surface area contributed by atoms with Crippen molar-refractivity contribution in [3.63, 3.8) is 0 Å². The van der Waals surface area contributed by atoms with Crippen molar-refractivity contribution in [1.29, 1.82) is 0 Å². The lowest BCUT2D eigenvalue weighted by Crippen LogP contribution is -2.40. The van der Waals surface area contributed by atoms with E-state index in [-0.39, 0.29) is 11.6 Å². The second-order valence-electron chi connectivity index (χ2n) is 7.22. The number of amides is 2. The first kappa shape index (κ1) is 21.8. The average molecular weight is 426 g/mol. The standard InChI is InChI=1S/C19H25F3N6O2/c1-4-27(5-2)17(29)12-11-23-24-16(12)13-8-6-7-9-28(13)18(30)14-10-15(19(20,21)22)25-26(14)3/h10-11,13H,4-9H2,1-3H3,(H,23,24)/t13-/m0/s1. The van der Waals surface area contributed by atoms with Crippen LogP contribution < -0.4 is 0 Å². The van der Waals surface area contributed by atoms with Crippen molar-refractivity contribution in [1.82, 2.24) is 29.8 Å². The molecule has 1 N–H and O–H groups in total. The molecule has 2 aromatic rings. The summed E-state index contributed by atoms with van der Waals surface area (Å²) in [6.07, 6.45) is -1.06. The molecule has 0 radical (unpaired) electrons. The summed E-state index contributed by atoms with van der Waals surface area (Å²) in [6.45, 7) is 5.18. The van der Waals surface area contributed by atoms with Crippen LogP contribution in [0.3, 0.4) is 0 Å². The molecule has 8 nitrogen and oxygen atoms in total. The topological polar surface area (TPSA) is 87.1 Å². The third-order valence-electron chi connectivity index (χ3n) is 5.44. The van der Waals surface area contributed by atoms with Gasteiger partial charge in [-0.15, -0.1) is 0 Å². The number of hydrogen-bond acceptors (Lipinski definition) is 4. The summed E-state index contributed by atoms with van der Waals surface area (Å²) in [6, 6.07) is 0.288. The smallest absolute Gasteiger partial charge is 0.339 e. The lowest BCUT2D eigenvalue weighted by atomic mass is 9.96. The van der Waals surface area contributed by atoms with Gasteiger partial charge < -0.3 is 9.80 Å². The summed E-state index contributed by atoms with van der Waals surface area (Å²) in [4.78, 5) is 29.2. The molecule has 1 aliphatic rings. The van der Waals surface area contributed by atoms with Gasteiger partial charge in [0.15, 0.2) is 5.69 Å². The first-order chi connectivity index (χ1) is 14.2. The number of piperidine rings is 1. The number of hydrogen-bond donors (Lipinski definition) is 1. The normalized spacial score (nSPS) is 17.3. The zero-order valence-electron chi connectivity index (χ0n) is 17.2. The summed E-state index contributed by atoms with van der Waals surface area (Å²) < 4.78 is 40.0. The minimum Gasteiger partial charge on any atom is -0.339 e. The highest BCUT2D eigenvalue weighted by Gasteiger charge is 2.38. The van der Waals surface area contributed by atoms with Crippen molar-refractivity contribution < 1.29 is 22.8 Å². The number of alkyl halides is 3. The molecule has 1 saturated heterocycles. The Morgan fingerprint density at radius 2 is 1.97 bits per heavy atom. The summed E-state index contributed by atoms with van der Waals surface area (Å²) in [7, 11) is 1.31. The maximum Gasteiger partial charge on any atom is 0.435 e. The zero-order valence-corrected chi connectivity index (χ0v) is 17.2. The SMILES string of the molecule is CCN(CC)C(=O)c1cn[nH]c1[C@@H]1CCCCN1C(=O)c1cc(C(F)(F)F)nn1C. The highest BCUT2D eigenvalue weighted by Crippen LogP contribution is 2.34. The van der Waals surface area contributed by atoms with E-state index in [1.807, 2.05) is 13.8 Å². The Balaban J connectivity index is 1.94. The minimum absolute atomic E-state index is 0.148. The Labute approximate surface area is 172 Å². The average Bonchev–Trinajstić information content (AvgIpc) is 3.35. The largest absolute Gasteiger partial charge is 0.435 e. The number of likely N-dealkylation sites (tertiary alicyclic amines) is 1. The maximum absolute atomic E-state index is 13.2. The summed E-state index contributed by atoms with van der Waals surface area (Å²) in [5.41, 5.74) is -0.367. The Hall–Kier alpha value is -2.85. The fourth-order valence-electron chi connectivity index (χ4n) is 3.83. The van der Waals surface area contributed by atoms with Crippen molar-refractivity contribution in [2.45, 2.75) is 45.3 Å². The van der Waals surface area contributed by atoms with Crippen LogP contribution in [0.25, 0.3) is 0 Å². The van der Waals surface area contributed by atoms with E-state index in [0.717, 1.165) is 23.6 Å². The molecule has 2 aromatic heterocycles. The first-order valence-electron chi connectivity index (χ1n) is 9.93. The molecule has 0 unspecified atom stereocenters. The van der Waals surface area contributed by atoms with Crippen LogP contribution in [0.15, 0.2) is 12.3 Å². The predicted molar refractivity (Wildman–Crippen MR) is 102 cm³/mol. The Bertz CT molecular complexity index is 916. The first-order valence-corrected chi connectivity index (χ1v) is 9.93. The molecule has 0 aliphatic carbocycles. The van der Waals surface area contributed by atoms with Crippen LogP contribution >= 0.6 is 0 Å². The molecule has 3 heterocycles. The lowest BCUT2D eigenvalue weighted by molar-refractivity contribution is -0.141. The molecular formula is C19H25F3N6O2. The number of H-pyrrole nitrogens is 1. The molecular weight excluding hydrogens is 401 g/mol. The molecule has 3 rings (SSSR count). The Morgan fingerprint density at radius 3 is 2.57 bits per heavy atom. The quantitative estimate of drug-likeness (QED) is 0.796. The predicted octanol–water partition coefficient (Wildman–Crippen LogP) is 3.01. The summed E-state index contributed by atoms with van der Waals surface area (Å²) >= 11 is 0. The third kappa shape index (κ3) is 4.05. The van der Waals surface area contributed by atoms with E-state index in [1.54, 1.807) is 4.90 Å². The van der Waals surface area contributed by atoms with Gasteiger partial charge >= 0.3 is 6.18 Å². The number of nitrogens with zero attached hydrogens (tertiary/aromatic N) is 5. The van der Waals surface area contributed by atoms with Gasteiger partial charge in [0, 0.05) is 32.7 Å². The lowest BCUT2D eigenvalue weighted by Gasteiger charge is -2.35. The van der Waals surface area contributed by atoms with Crippen molar-refractivity contribution in [2.24, 2.45) is 7.05 Å². The van der Waals surface area contributed by atoms with E-state index in [0.29, 0.717) is 37.3 Å². The highest BCUT2D eigenvalue weighted by molar-refractivity contribution is 5.96. The maximum atomic E-state index is 13.2. The van der Waals surface area contributed by atoms with Crippen LogP contribution in [0.5, 0.6) is 0 Å². The molecule has 164 valence electrons. The van der Waals surface area contributed by atoms with Crippen LogP contribution in [-0.4, -0.2) is 61.2 Å². The fourth-order valence-corrected chi connectivity index (χ4v) is 3.83. The van der Waals surface area contributed by atoms with Gasteiger partial charge in [-0.2, -0.15) is 23.4 Å². The third-order valence-corrected chi connectivity index (χ3v) is 5.44. The number of aromatic nitrogens is 4. The van der Waals surface area contributed by atoms with Crippen molar-refractivity contribution >= 4 is 11.8 Å². The fraction of sp³-hybridized carbons (Fsp3) is 0.579. The summed E-state index contributed by atoms with van der Waals surface area (Å²) in [5, 5.41) is 10.3. The summed E-state index contributed by atoms with van der Waals surface area (Å²) in [5.74, 6) is -0.748. The number of aryl methyl sites for hydroxylation is 1. The molecule has 0 saturated carbocycles. The second-order valence-corrected chi connectivity index (χ2v) is 7.22. The van der Waals surface area contributed by atoms with E-state index < -0.39 is 23.8 Å². The number of aromatic amines is 1. The van der Waals surface area contributed by atoms with Gasteiger partial charge in [-0.25, -0.2) is 0 Å². The molecule has 1 aliphatic heterocycles. The van der Waals surface area contributed by atoms with Gasteiger partial charge in [-0.05, 0) is 33.1 Å². The highest BCUT2D eigenvalue weighted by atomic mass is 19.4. The molecule has 2 amide bonds. The van der Waals surface area contributed by atoms with Crippen LogP contribution in [0.2, 0.25) is 0 Å². The van der Waals surface area contributed by atoms with E-state index in [9.17, 15) is 22.8 Å². The molecule has 0 spiro atoms. The van der Waals surface area contributed by atoms with Crippen LogP contribution in [0.4, 0.5) is 13.2 Å². The number of carbonyl (C=O) groups excluding carboxylic acids is 2. The Morgan fingerprint density at radius 1 is 1.27 bits per heavy atom. The van der Waals surface area contributed by atoms with Crippen molar-refractivity contribution in [3.05, 3.63) is 34.9 Å². The van der Waals surface area contributed by atoms with E-state index in [1.165, 1.54) is 18.1 Å². The van der Waals surface area contributed by atoms with Gasteiger partial charge in [-0.3, -0.25) is 19.4 Å². The van der Waals surface area contributed by atoms with Crippen molar-refractivity contribution in [2.75, 3.05) is 19.6 Å². The van der Waals surface area contributed by atoms with Gasteiger partial charge in [0.1, 0.15) is 5.69 Å². The van der Waals surface area contributed by atoms with Gasteiger partial charge in [0.2, 0.25) is 0 Å². The monoisotopic (exact) mass is 426 g/mol. The molecule has 11 heteroatoms. The number of halogens is 3.